The number of pyridine rings is 1. The van der Waals surface area contributed by atoms with Crippen LogP contribution in [-0.2, 0) is 11.3 Å². The van der Waals surface area contributed by atoms with Crippen molar-refractivity contribution in [3.8, 4) is 5.75 Å². The van der Waals surface area contributed by atoms with Gasteiger partial charge in [-0.15, -0.1) is 0 Å². The second-order valence-corrected chi connectivity index (χ2v) is 5.23. The molecule has 1 amide bonds. The number of hydrogen-bond donors (Lipinski definition) is 1. The third kappa shape index (κ3) is 3.69. The Morgan fingerprint density at radius 3 is 2.77 bits per heavy atom. The van der Waals surface area contributed by atoms with Crippen molar-refractivity contribution < 1.29 is 14.3 Å². The van der Waals surface area contributed by atoms with E-state index in [0.29, 0.717) is 17.9 Å². The van der Waals surface area contributed by atoms with Crippen LogP contribution < -0.4 is 10.1 Å². The van der Waals surface area contributed by atoms with Crippen molar-refractivity contribution >= 4 is 11.9 Å². The Bertz CT molecular complexity index is 681. The number of nitrogens with zero attached hydrogens (tertiary/aromatic N) is 1. The molecule has 1 aliphatic carbocycles. The molecule has 0 atom stereocenters. The minimum absolute atomic E-state index is 0.0293. The molecular formula is C17H16N2O3. The summed E-state index contributed by atoms with van der Waals surface area (Å²) >= 11 is 0. The zero-order valence-corrected chi connectivity index (χ0v) is 12.0. The summed E-state index contributed by atoms with van der Waals surface area (Å²) < 4.78 is 5.26. The monoisotopic (exact) mass is 296 g/mol. The van der Waals surface area contributed by atoms with Crippen LogP contribution in [0, 0.1) is 5.92 Å². The van der Waals surface area contributed by atoms with E-state index in [1.807, 2.05) is 18.2 Å². The summed E-state index contributed by atoms with van der Waals surface area (Å²) in [6, 6.07) is 12.2. The molecular weight excluding hydrogens is 280 g/mol. The first-order chi connectivity index (χ1) is 10.7. The van der Waals surface area contributed by atoms with Crippen molar-refractivity contribution in [1.82, 2.24) is 10.3 Å². The highest BCUT2D eigenvalue weighted by molar-refractivity contribution is 5.94. The standard InChI is InChI=1S/C17H16N2O3/c20-16(19-11-14-5-1-2-9-18-14)13-4-3-6-15(10-13)22-17(21)12-7-8-12/h1-6,9-10,12H,7-8,11H2,(H,19,20). The van der Waals surface area contributed by atoms with Gasteiger partial charge in [0.1, 0.15) is 5.75 Å². The molecule has 3 rings (SSSR count). The van der Waals surface area contributed by atoms with Crippen LogP contribution in [0.15, 0.2) is 48.7 Å². The van der Waals surface area contributed by atoms with E-state index in [9.17, 15) is 9.59 Å². The van der Waals surface area contributed by atoms with E-state index < -0.39 is 0 Å². The Morgan fingerprint density at radius 2 is 2.05 bits per heavy atom. The molecule has 0 bridgehead atoms. The first kappa shape index (κ1) is 14.3. The summed E-state index contributed by atoms with van der Waals surface area (Å²) in [5.74, 6) is -0.00922. The Balaban J connectivity index is 1.61. The van der Waals surface area contributed by atoms with Gasteiger partial charge in [-0.05, 0) is 43.2 Å². The molecule has 1 saturated carbocycles. The molecule has 0 radical (unpaired) electrons. The number of hydrogen-bond acceptors (Lipinski definition) is 4. The minimum Gasteiger partial charge on any atom is -0.426 e. The summed E-state index contributed by atoms with van der Waals surface area (Å²) in [6.07, 6.45) is 3.46. The van der Waals surface area contributed by atoms with Crippen LogP contribution in [0.5, 0.6) is 5.75 Å². The first-order valence-electron chi connectivity index (χ1n) is 7.22. The molecule has 1 heterocycles. The van der Waals surface area contributed by atoms with Gasteiger partial charge in [-0.2, -0.15) is 0 Å². The van der Waals surface area contributed by atoms with Crippen molar-refractivity contribution in [1.29, 1.82) is 0 Å². The van der Waals surface area contributed by atoms with Gasteiger partial charge >= 0.3 is 5.97 Å². The molecule has 5 heteroatoms. The molecule has 1 fully saturated rings. The number of nitrogens with one attached hydrogen (secondary N) is 1. The highest BCUT2D eigenvalue weighted by Crippen LogP contribution is 2.30. The molecule has 1 N–H and O–H groups in total. The van der Waals surface area contributed by atoms with Gasteiger partial charge in [0.25, 0.3) is 5.91 Å². The normalized spacial score (nSPS) is 13.5. The lowest BCUT2D eigenvalue weighted by atomic mass is 10.2. The average molecular weight is 296 g/mol. The molecule has 0 unspecified atom stereocenters. The summed E-state index contributed by atoms with van der Waals surface area (Å²) in [6.45, 7) is 0.353. The number of benzene rings is 1. The van der Waals surface area contributed by atoms with Gasteiger partial charge in [0.15, 0.2) is 0 Å². The fourth-order valence-electron chi connectivity index (χ4n) is 1.99. The van der Waals surface area contributed by atoms with Crippen LogP contribution in [0.2, 0.25) is 0 Å². The number of carbonyl (C=O) groups is 2. The highest BCUT2D eigenvalue weighted by atomic mass is 16.5. The van der Waals surface area contributed by atoms with Crippen LogP contribution in [0.4, 0.5) is 0 Å². The molecule has 1 aliphatic rings. The topological polar surface area (TPSA) is 68.3 Å². The van der Waals surface area contributed by atoms with Gasteiger partial charge in [0, 0.05) is 11.8 Å². The molecule has 2 aromatic rings. The highest BCUT2D eigenvalue weighted by Gasteiger charge is 2.31. The number of aromatic nitrogens is 1. The number of ether oxygens (including phenoxy) is 1. The van der Waals surface area contributed by atoms with Gasteiger partial charge in [-0.1, -0.05) is 12.1 Å². The van der Waals surface area contributed by atoms with E-state index in [1.165, 1.54) is 0 Å². The molecule has 112 valence electrons. The fraction of sp³-hybridized carbons (Fsp3) is 0.235. The van der Waals surface area contributed by atoms with E-state index >= 15 is 0 Å². The van der Waals surface area contributed by atoms with Crippen molar-refractivity contribution in [3.63, 3.8) is 0 Å². The van der Waals surface area contributed by atoms with Crippen LogP contribution in [0.25, 0.3) is 0 Å². The lowest BCUT2D eigenvalue weighted by Gasteiger charge is -2.07. The third-order valence-electron chi connectivity index (χ3n) is 3.38. The van der Waals surface area contributed by atoms with Gasteiger partial charge in [-0.25, -0.2) is 0 Å². The SMILES string of the molecule is O=C(NCc1ccccn1)c1cccc(OC(=O)C2CC2)c1. The zero-order valence-electron chi connectivity index (χ0n) is 12.0. The van der Waals surface area contributed by atoms with Gasteiger partial charge < -0.3 is 10.1 Å². The van der Waals surface area contributed by atoms with Crippen molar-refractivity contribution in [2.75, 3.05) is 0 Å². The number of rotatable bonds is 5. The fourth-order valence-corrected chi connectivity index (χ4v) is 1.99. The van der Waals surface area contributed by atoms with Gasteiger partial charge in [0.05, 0.1) is 18.2 Å². The molecule has 0 spiro atoms. The lowest BCUT2D eigenvalue weighted by molar-refractivity contribution is -0.135. The maximum absolute atomic E-state index is 12.1. The van der Waals surface area contributed by atoms with Crippen LogP contribution in [0.3, 0.4) is 0 Å². The Morgan fingerprint density at radius 1 is 1.18 bits per heavy atom. The minimum atomic E-state index is -0.227. The zero-order chi connectivity index (χ0) is 15.4. The van der Waals surface area contributed by atoms with Crippen molar-refractivity contribution in [3.05, 3.63) is 59.9 Å². The third-order valence-corrected chi connectivity index (χ3v) is 3.38. The van der Waals surface area contributed by atoms with E-state index in [2.05, 4.69) is 10.3 Å². The molecule has 0 saturated heterocycles. The van der Waals surface area contributed by atoms with Gasteiger partial charge in [0.2, 0.25) is 0 Å². The summed E-state index contributed by atoms with van der Waals surface area (Å²) in [7, 11) is 0. The largest absolute Gasteiger partial charge is 0.426 e. The van der Waals surface area contributed by atoms with Crippen LogP contribution in [-0.4, -0.2) is 16.9 Å². The summed E-state index contributed by atoms with van der Waals surface area (Å²) in [5.41, 5.74) is 1.24. The Kier molecular flexibility index (Phi) is 4.14. The van der Waals surface area contributed by atoms with Crippen LogP contribution >= 0.6 is 0 Å². The molecule has 0 aliphatic heterocycles. The van der Waals surface area contributed by atoms with E-state index in [4.69, 9.17) is 4.74 Å². The maximum Gasteiger partial charge on any atom is 0.314 e. The smallest absolute Gasteiger partial charge is 0.314 e. The summed E-state index contributed by atoms with van der Waals surface area (Å²) in [5, 5.41) is 2.79. The second-order valence-electron chi connectivity index (χ2n) is 5.23. The molecule has 5 nitrogen and oxygen atoms in total. The van der Waals surface area contributed by atoms with Gasteiger partial charge in [-0.3, -0.25) is 14.6 Å². The predicted octanol–water partition coefficient (Wildman–Crippen LogP) is 2.33. The Hall–Kier alpha value is -2.69. The number of carbonyl (C=O) groups excluding carboxylic acids is 2. The van der Waals surface area contributed by atoms with Crippen molar-refractivity contribution in [2.45, 2.75) is 19.4 Å². The molecule has 1 aromatic heterocycles. The number of esters is 1. The number of amides is 1. The molecule has 22 heavy (non-hydrogen) atoms. The quantitative estimate of drug-likeness (QED) is 0.679. The van der Waals surface area contributed by atoms with E-state index in [-0.39, 0.29) is 17.8 Å². The van der Waals surface area contributed by atoms with Crippen LogP contribution in [0.1, 0.15) is 28.9 Å². The predicted molar refractivity (Wildman–Crippen MR) is 80.2 cm³/mol. The lowest BCUT2D eigenvalue weighted by Crippen LogP contribution is -2.23. The summed E-state index contributed by atoms with van der Waals surface area (Å²) in [4.78, 5) is 27.9. The van der Waals surface area contributed by atoms with E-state index in [0.717, 1.165) is 18.5 Å². The van der Waals surface area contributed by atoms with E-state index in [1.54, 1.807) is 30.5 Å². The average Bonchev–Trinajstić information content (AvgIpc) is 3.39. The Labute approximate surface area is 128 Å². The first-order valence-corrected chi connectivity index (χ1v) is 7.22. The maximum atomic E-state index is 12.1. The second kappa shape index (κ2) is 6.39. The van der Waals surface area contributed by atoms with Crippen molar-refractivity contribution in [2.24, 2.45) is 5.92 Å². The molecule has 1 aromatic carbocycles.